The number of nitrogens with zero attached hydrogens (tertiary/aromatic N) is 1. The van der Waals surface area contributed by atoms with Crippen LogP contribution in [-0.4, -0.2) is 16.9 Å². The average molecular weight is 302 g/mol. The van der Waals surface area contributed by atoms with Gasteiger partial charge in [0.05, 0.1) is 6.10 Å². The maximum atomic E-state index is 10.0. The molecule has 22 heavy (non-hydrogen) atoms. The molecule has 0 unspecified atom stereocenters. The lowest BCUT2D eigenvalue weighted by Gasteiger charge is -2.57. The number of hydrazone groups is 1. The Kier molecular flexibility index (Phi) is 3.24. The van der Waals surface area contributed by atoms with Crippen molar-refractivity contribution in [1.29, 1.82) is 0 Å². The molecule has 3 saturated carbocycles. The van der Waals surface area contributed by atoms with Gasteiger partial charge in [0, 0.05) is 11.1 Å². The summed E-state index contributed by atoms with van der Waals surface area (Å²) < 4.78 is 0. The zero-order valence-electron chi connectivity index (χ0n) is 14.0. The van der Waals surface area contributed by atoms with Gasteiger partial charge in [0.15, 0.2) is 0 Å². The van der Waals surface area contributed by atoms with E-state index in [0.29, 0.717) is 5.41 Å². The summed E-state index contributed by atoms with van der Waals surface area (Å²) in [7, 11) is 0. The van der Waals surface area contributed by atoms with Crippen LogP contribution in [0.3, 0.4) is 0 Å². The van der Waals surface area contributed by atoms with E-state index in [9.17, 15) is 5.11 Å². The fourth-order valence-corrected chi connectivity index (χ4v) is 6.64. The quantitative estimate of drug-likeness (QED) is 0.408. The second-order valence-electron chi connectivity index (χ2n) is 8.73. The van der Waals surface area contributed by atoms with Gasteiger partial charge in [-0.1, -0.05) is 25.5 Å². The first kappa shape index (κ1) is 14.7. The van der Waals surface area contributed by atoms with Crippen LogP contribution in [0.2, 0.25) is 0 Å². The SMILES string of the molecule is C[C@]12CC[C@H](O)CC1=CC[C@@H]1[C@@H]2CC[C@]2(C)/C(=N\N)CC[C@@H]12. The molecule has 0 aliphatic heterocycles. The molecule has 3 N–H and O–H groups in total. The Hall–Kier alpha value is -0.830. The van der Waals surface area contributed by atoms with Crippen LogP contribution in [-0.2, 0) is 0 Å². The van der Waals surface area contributed by atoms with Crippen molar-refractivity contribution >= 4 is 5.71 Å². The van der Waals surface area contributed by atoms with Crippen molar-refractivity contribution in [2.24, 2.45) is 39.5 Å². The van der Waals surface area contributed by atoms with Crippen molar-refractivity contribution < 1.29 is 5.11 Å². The summed E-state index contributed by atoms with van der Waals surface area (Å²) in [4.78, 5) is 0. The number of aliphatic hydroxyl groups is 1. The smallest absolute Gasteiger partial charge is 0.0577 e. The van der Waals surface area contributed by atoms with Crippen LogP contribution in [0.5, 0.6) is 0 Å². The highest BCUT2D eigenvalue weighted by Gasteiger charge is 2.57. The summed E-state index contributed by atoms with van der Waals surface area (Å²) in [6.07, 6.45) is 11.6. The van der Waals surface area contributed by atoms with Gasteiger partial charge < -0.3 is 10.9 Å². The zero-order valence-corrected chi connectivity index (χ0v) is 14.0. The van der Waals surface area contributed by atoms with Gasteiger partial charge in [0.1, 0.15) is 0 Å². The molecule has 0 bridgehead atoms. The first-order valence-electron chi connectivity index (χ1n) is 9.14. The lowest BCUT2D eigenvalue weighted by Crippen LogP contribution is -2.50. The molecule has 0 radical (unpaired) electrons. The number of aliphatic hydroxyl groups excluding tert-OH is 1. The van der Waals surface area contributed by atoms with Crippen LogP contribution in [0, 0.1) is 28.6 Å². The van der Waals surface area contributed by atoms with Gasteiger partial charge in [-0.25, -0.2) is 0 Å². The van der Waals surface area contributed by atoms with Gasteiger partial charge >= 0.3 is 0 Å². The highest BCUT2D eigenvalue weighted by Crippen LogP contribution is 2.64. The Morgan fingerprint density at radius 1 is 1.14 bits per heavy atom. The van der Waals surface area contributed by atoms with Crippen molar-refractivity contribution in [1.82, 2.24) is 0 Å². The molecular formula is C19H30N2O. The van der Waals surface area contributed by atoms with E-state index in [4.69, 9.17) is 5.84 Å². The molecular weight excluding hydrogens is 272 g/mol. The second kappa shape index (κ2) is 4.83. The first-order chi connectivity index (χ1) is 10.5. The van der Waals surface area contributed by atoms with E-state index in [0.717, 1.165) is 37.0 Å². The fourth-order valence-electron chi connectivity index (χ4n) is 6.64. The van der Waals surface area contributed by atoms with E-state index in [-0.39, 0.29) is 11.5 Å². The first-order valence-corrected chi connectivity index (χ1v) is 9.14. The average Bonchev–Trinajstić information content (AvgIpc) is 2.84. The van der Waals surface area contributed by atoms with Gasteiger partial charge in [-0.15, -0.1) is 0 Å². The van der Waals surface area contributed by atoms with Gasteiger partial charge in [-0.05, 0) is 74.5 Å². The predicted octanol–water partition coefficient (Wildman–Crippen LogP) is 3.62. The summed E-state index contributed by atoms with van der Waals surface area (Å²) in [5.74, 6) is 8.04. The molecule has 4 aliphatic carbocycles. The van der Waals surface area contributed by atoms with Crippen LogP contribution in [0.4, 0.5) is 0 Å². The summed E-state index contributed by atoms with van der Waals surface area (Å²) in [6.45, 7) is 4.90. The standard InChI is InChI=1S/C19H30N2O/c1-18-9-7-13(22)11-12(18)3-4-14-15-5-6-17(21-20)19(15,2)10-8-16(14)18/h3,13-16,22H,4-11,20H2,1-2H3/b21-17-/t13-,14-,15-,16-,18-,19-/m0/s1. The van der Waals surface area contributed by atoms with Crippen LogP contribution in [0.25, 0.3) is 0 Å². The van der Waals surface area contributed by atoms with Crippen molar-refractivity contribution in [3.8, 4) is 0 Å². The zero-order chi connectivity index (χ0) is 15.5. The molecule has 0 aromatic heterocycles. The maximum absolute atomic E-state index is 10.0. The second-order valence-corrected chi connectivity index (χ2v) is 8.73. The summed E-state index contributed by atoms with van der Waals surface area (Å²) in [5, 5.41) is 14.2. The molecule has 0 heterocycles. The Morgan fingerprint density at radius 3 is 2.64 bits per heavy atom. The lowest BCUT2D eigenvalue weighted by molar-refractivity contribution is -0.0209. The summed E-state index contributed by atoms with van der Waals surface area (Å²) in [5.41, 5.74) is 3.43. The molecule has 3 heteroatoms. The van der Waals surface area contributed by atoms with Gasteiger partial charge in [0.25, 0.3) is 0 Å². The number of fused-ring (bicyclic) bond motifs is 5. The summed E-state index contributed by atoms with van der Waals surface area (Å²) in [6, 6.07) is 0. The Balaban J connectivity index is 1.69. The summed E-state index contributed by atoms with van der Waals surface area (Å²) >= 11 is 0. The van der Waals surface area contributed by atoms with Crippen LogP contribution in [0.1, 0.15) is 65.2 Å². The lowest BCUT2D eigenvalue weighted by atomic mass is 9.48. The minimum Gasteiger partial charge on any atom is -0.393 e. The highest BCUT2D eigenvalue weighted by atomic mass is 16.3. The van der Waals surface area contributed by atoms with E-state index in [1.54, 1.807) is 5.57 Å². The molecule has 6 atom stereocenters. The van der Waals surface area contributed by atoms with Gasteiger partial charge in [-0.2, -0.15) is 5.10 Å². The molecule has 0 saturated heterocycles. The third kappa shape index (κ3) is 1.81. The Bertz CT molecular complexity index is 540. The predicted molar refractivity (Wildman–Crippen MR) is 89.3 cm³/mol. The third-order valence-electron chi connectivity index (χ3n) is 7.97. The van der Waals surface area contributed by atoms with E-state index < -0.39 is 0 Å². The largest absolute Gasteiger partial charge is 0.393 e. The maximum Gasteiger partial charge on any atom is 0.0577 e. The molecule has 122 valence electrons. The molecule has 0 aromatic rings. The van der Waals surface area contributed by atoms with E-state index in [2.05, 4.69) is 25.0 Å². The molecule has 4 rings (SSSR count). The molecule has 3 nitrogen and oxygen atoms in total. The number of rotatable bonds is 0. The third-order valence-corrected chi connectivity index (χ3v) is 7.97. The topological polar surface area (TPSA) is 58.6 Å². The number of nitrogens with two attached hydrogens (primary N) is 1. The normalized spacial score (nSPS) is 52.7. The number of hydrogen-bond acceptors (Lipinski definition) is 3. The Morgan fingerprint density at radius 2 is 1.86 bits per heavy atom. The monoisotopic (exact) mass is 302 g/mol. The molecule has 0 amide bonds. The molecule has 4 aliphatic rings. The highest BCUT2D eigenvalue weighted by molar-refractivity contribution is 5.92. The molecule has 0 spiro atoms. The van der Waals surface area contributed by atoms with Crippen molar-refractivity contribution in [2.75, 3.05) is 0 Å². The number of hydrogen-bond donors (Lipinski definition) is 2. The van der Waals surface area contributed by atoms with E-state index in [1.807, 2.05) is 0 Å². The van der Waals surface area contributed by atoms with Crippen molar-refractivity contribution in [2.45, 2.75) is 71.3 Å². The van der Waals surface area contributed by atoms with E-state index in [1.165, 1.54) is 37.8 Å². The Labute approximate surface area is 134 Å². The van der Waals surface area contributed by atoms with Crippen LogP contribution < -0.4 is 5.84 Å². The number of allylic oxidation sites excluding steroid dienone is 1. The fraction of sp³-hybridized carbons (Fsp3) is 0.842. The van der Waals surface area contributed by atoms with Crippen LogP contribution in [0.15, 0.2) is 16.8 Å². The minimum absolute atomic E-state index is 0.104. The van der Waals surface area contributed by atoms with Gasteiger partial charge in [-0.3, -0.25) is 0 Å². The van der Waals surface area contributed by atoms with E-state index >= 15 is 0 Å². The molecule has 3 fully saturated rings. The van der Waals surface area contributed by atoms with Crippen molar-refractivity contribution in [3.63, 3.8) is 0 Å². The van der Waals surface area contributed by atoms with Gasteiger partial charge in [0.2, 0.25) is 0 Å². The molecule has 0 aromatic carbocycles. The minimum atomic E-state index is -0.104. The van der Waals surface area contributed by atoms with Crippen molar-refractivity contribution in [3.05, 3.63) is 11.6 Å². The van der Waals surface area contributed by atoms with Crippen LogP contribution >= 0.6 is 0 Å².